The van der Waals surface area contributed by atoms with Crippen molar-refractivity contribution in [3.8, 4) is 0 Å². The van der Waals surface area contributed by atoms with Gasteiger partial charge < -0.3 is 5.11 Å². The van der Waals surface area contributed by atoms with Crippen molar-refractivity contribution in [2.45, 2.75) is 24.8 Å². The molecule has 0 fully saturated rings. The molecule has 0 aliphatic carbocycles. The summed E-state index contributed by atoms with van der Waals surface area (Å²) in [7, 11) is -3.70. The van der Waals surface area contributed by atoms with Crippen LogP contribution in [0.25, 0.3) is 0 Å². The number of rotatable bonds is 5. The van der Waals surface area contributed by atoms with E-state index in [9.17, 15) is 8.42 Å². The Labute approximate surface area is 106 Å². The van der Waals surface area contributed by atoms with Crippen LogP contribution in [0.5, 0.6) is 0 Å². The molecule has 0 saturated heterocycles. The van der Waals surface area contributed by atoms with Crippen LogP contribution in [-0.2, 0) is 10.0 Å². The molecule has 1 aromatic rings. The van der Waals surface area contributed by atoms with E-state index >= 15 is 0 Å². The average Bonchev–Trinajstić information content (AvgIpc) is 2.27. The van der Waals surface area contributed by atoms with Gasteiger partial charge in [0.15, 0.2) is 0 Å². The summed E-state index contributed by atoms with van der Waals surface area (Å²) in [6.07, 6.45) is 1.42. The summed E-state index contributed by atoms with van der Waals surface area (Å²) in [6.45, 7) is 3.34. The number of hydrogen-bond donors (Lipinski definition) is 2. The van der Waals surface area contributed by atoms with Gasteiger partial charge in [-0.3, -0.25) is 0 Å². The molecule has 1 aromatic heterocycles. The first kappa shape index (κ1) is 14.4. The van der Waals surface area contributed by atoms with Crippen LogP contribution >= 0.6 is 11.6 Å². The lowest BCUT2D eigenvalue weighted by Gasteiger charge is -2.19. The molecule has 0 bridgehead atoms. The third-order valence-electron chi connectivity index (χ3n) is 2.50. The molecule has 7 heteroatoms. The minimum Gasteiger partial charge on any atom is -0.396 e. The summed E-state index contributed by atoms with van der Waals surface area (Å²) in [5.41, 5.74) is 0. The maximum Gasteiger partial charge on any atom is 0.243 e. The lowest BCUT2D eigenvalue weighted by atomic mass is 10.1. The zero-order valence-corrected chi connectivity index (χ0v) is 11.2. The lowest BCUT2D eigenvalue weighted by Crippen LogP contribution is -2.38. The first-order valence-corrected chi connectivity index (χ1v) is 6.98. The van der Waals surface area contributed by atoms with Gasteiger partial charge in [-0.15, -0.1) is 0 Å². The van der Waals surface area contributed by atoms with Crippen LogP contribution in [0.15, 0.2) is 23.2 Å². The molecule has 17 heavy (non-hydrogen) atoms. The van der Waals surface area contributed by atoms with Gasteiger partial charge in [0.25, 0.3) is 0 Å². The van der Waals surface area contributed by atoms with E-state index in [4.69, 9.17) is 16.7 Å². The van der Waals surface area contributed by atoms with E-state index in [0.29, 0.717) is 0 Å². The molecule has 0 saturated carbocycles. The topological polar surface area (TPSA) is 79.3 Å². The number of nitrogens with zero attached hydrogens (tertiary/aromatic N) is 1. The summed E-state index contributed by atoms with van der Waals surface area (Å²) < 4.78 is 26.4. The minimum absolute atomic E-state index is 0.0568. The molecule has 0 spiro atoms. The summed E-state index contributed by atoms with van der Waals surface area (Å²) in [5.74, 6) is -0.180. The molecule has 2 N–H and O–H groups in total. The second kappa shape index (κ2) is 5.77. The number of aliphatic hydroxyl groups is 1. The van der Waals surface area contributed by atoms with E-state index in [0.717, 1.165) is 0 Å². The SMILES string of the molecule is CC(CO)C(C)NS(=O)(=O)c1cccnc1Cl. The Balaban J connectivity index is 2.94. The second-order valence-corrected chi connectivity index (χ2v) is 5.90. The maximum atomic E-state index is 12.0. The average molecular weight is 279 g/mol. The number of pyridine rings is 1. The quantitative estimate of drug-likeness (QED) is 0.789. The van der Waals surface area contributed by atoms with Crippen LogP contribution < -0.4 is 4.72 Å². The van der Waals surface area contributed by atoms with E-state index < -0.39 is 10.0 Å². The smallest absolute Gasteiger partial charge is 0.243 e. The van der Waals surface area contributed by atoms with Crippen LogP contribution in [-0.4, -0.2) is 31.2 Å². The number of hydrogen-bond acceptors (Lipinski definition) is 4. The van der Waals surface area contributed by atoms with Gasteiger partial charge in [0.2, 0.25) is 10.0 Å². The molecular weight excluding hydrogens is 264 g/mol. The summed E-state index contributed by atoms with van der Waals surface area (Å²) in [4.78, 5) is 3.66. The van der Waals surface area contributed by atoms with Crippen molar-refractivity contribution in [3.05, 3.63) is 23.5 Å². The summed E-state index contributed by atoms with van der Waals surface area (Å²) >= 11 is 5.73. The summed E-state index contributed by atoms with van der Waals surface area (Å²) in [5, 5.41) is 8.89. The first-order chi connectivity index (χ1) is 7.88. The standard InChI is InChI=1S/C10H15ClN2O3S/c1-7(6-14)8(2)13-17(15,16)9-4-3-5-12-10(9)11/h3-5,7-8,13-14H,6H2,1-2H3. The van der Waals surface area contributed by atoms with Crippen molar-refractivity contribution in [1.29, 1.82) is 0 Å². The number of aromatic nitrogens is 1. The molecule has 96 valence electrons. The molecule has 0 aliphatic heterocycles. The van der Waals surface area contributed by atoms with Gasteiger partial charge in [-0.25, -0.2) is 18.1 Å². The zero-order valence-electron chi connectivity index (χ0n) is 9.59. The third kappa shape index (κ3) is 3.64. The fourth-order valence-electron chi connectivity index (χ4n) is 1.15. The molecule has 0 aliphatic rings. The number of sulfonamides is 1. The Bertz CT molecular complexity index is 478. The van der Waals surface area contributed by atoms with Crippen molar-refractivity contribution in [3.63, 3.8) is 0 Å². The predicted octanol–water partition coefficient (Wildman–Crippen LogP) is 1.03. The van der Waals surface area contributed by atoms with E-state index in [1.807, 2.05) is 0 Å². The minimum atomic E-state index is -3.70. The van der Waals surface area contributed by atoms with Gasteiger partial charge in [0.1, 0.15) is 10.0 Å². The fraction of sp³-hybridized carbons (Fsp3) is 0.500. The highest BCUT2D eigenvalue weighted by Crippen LogP contribution is 2.18. The van der Waals surface area contributed by atoms with Crippen LogP contribution in [0.4, 0.5) is 0 Å². The second-order valence-electron chi connectivity index (χ2n) is 3.86. The number of aliphatic hydroxyl groups excluding tert-OH is 1. The highest BCUT2D eigenvalue weighted by molar-refractivity contribution is 7.89. The van der Waals surface area contributed by atoms with Crippen molar-refractivity contribution in [1.82, 2.24) is 9.71 Å². The Morgan fingerprint density at radius 3 is 2.71 bits per heavy atom. The van der Waals surface area contributed by atoms with Gasteiger partial charge in [-0.05, 0) is 25.0 Å². The Morgan fingerprint density at radius 2 is 2.18 bits per heavy atom. The first-order valence-electron chi connectivity index (χ1n) is 5.12. The van der Waals surface area contributed by atoms with E-state index in [-0.39, 0.29) is 28.6 Å². The van der Waals surface area contributed by atoms with Gasteiger partial charge in [-0.1, -0.05) is 18.5 Å². The van der Waals surface area contributed by atoms with Gasteiger partial charge in [0, 0.05) is 18.8 Å². The zero-order chi connectivity index (χ0) is 13.1. The fourth-order valence-corrected chi connectivity index (χ4v) is 2.96. The molecular formula is C10H15ClN2O3S. The largest absolute Gasteiger partial charge is 0.396 e. The van der Waals surface area contributed by atoms with Gasteiger partial charge >= 0.3 is 0 Å². The lowest BCUT2D eigenvalue weighted by molar-refractivity contribution is 0.216. The molecule has 5 nitrogen and oxygen atoms in total. The third-order valence-corrected chi connectivity index (χ3v) is 4.50. The van der Waals surface area contributed by atoms with Gasteiger partial charge in [-0.2, -0.15) is 0 Å². The Kier molecular flexibility index (Phi) is 4.88. The van der Waals surface area contributed by atoms with Crippen molar-refractivity contribution < 1.29 is 13.5 Å². The van der Waals surface area contributed by atoms with Gasteiger partial charge in [0.05, 0.1) is 0 Å². The van der Waals surface area contributed by atoms with E-state index in [2.05, 4.69) is 9.71 Å². The monoisotopic (exact) mass is 278 g/mol. The molecule has 2 atom stereocenters. The molecule has 0 radical (unpaired) electrons. The van der Waals surface area contributed by atoms with Crippen LogP contribution in [0.3, 0.4) is 0 Å². The molecule has 1 heterocycles. The molecule has 2 unspecified atom stereocenters. The predicted molar refractivity (Wildman–Crippen MR) is 65.3 cm³/mol. The molecule has 1 rings (SSSR count). The van der Waals surface area contributed by atoms with Crippen molar-refractivity contribution in [2.24, 2.45) is 5.92 Å². The van der Waals surface area contributed by atoms with E-state index in [1.54, 1.807) is 13.8 Å². The number of nitrogens with one attached hydrogen (secondary N) is 1. The van der Waals surface area contributed by atoms with Crippen LogP contribution in [0.1, 0.15) is 13.8 Å². The highest BCUT2D eigenvalue weighted by Gasteiger charge is 2.23. The molecule has 0 aromatic carbocycles. The number of halogens is 1. The summed E-state index contributed by atoms with van der Waals surface area (Å²) in [6, 6.07) is 2.50. The van der Waals surface area contributed by atoms with E-state index in [1.165, 1.54) is 18.3 Å². The van der Waals surface area contributed by atoms with Crippen molar-refractivity contribution >= 4 is 21.6 Å². The maximum absolute atomic E-state index is 12.0. The molecule has 0 amide bonds. The van der Waals surface area contributed by atoms with Crippen LogP contribution in [0.2, 0.25) is 5.15 Å². The Hall–Kier alpha value is -0.690. The Morgan fingerprint density at radius 1 is 1.53 bits per heavy atom. The van der Waals surface area contributed by atoms with Crippen LogP contribution in [0, 0.1) is 5.92 Å². The highest BCUT2D eigenvalue weighted by atomic mass is 35.5. The normalized spacial score (nSPS) is 15.5. The van der Waals surface area contributed by atoms with Crippen molar-refractivity contribution in [2.75, 3.05) is 6.61 Å².